The second kappa shape index (κ2) is 11.1. The summed E-state index contributed by atoms with van der Waals surface area (Å²) in [4.78, 5) is 5.21. The molecule has 258 valence electrons. The van der Waals surface area contributed by atoms with Gasteiger partial charge < -0.3 is 14.1 Å². The third-order valence-corrected chi connectivity index (χ3v) is 12.4. The fraction of sp³-hybridized carbons (Fsp3) is 0.0588. The van der Waals surface area contributed by atoms with E-state index in [0.717, 1.165) is 27.6 Å². The Labute approximate surface area is 320 Å². The van der Waals surface area contributed by atoms with Crippen molar-refractivity contribution in [2.75, 3.05) is 9.71 Å². The number of fused-ring (bicyclic) bond motifs is 10. The van der Waals surface area contributed by atoms with Crippen LogP contribution in [0.3, 0.4) is 0 Å². The van der Waals surface area contributed by atoms with Crippen LogP contribution in [0, 0.1) is 0 Å². The third-order valence-electron chi connectivity index (χ3n) is 12.4. The van der Waals surface area contributed by atoms with Gasteiger partial charge >= 0.3 is 6.85 Å². The van der Waals surface area contributed by atoms with E-state index < -0.39 is 0 Å². The van der Waals surface area contributed by atoms with Crippen LogP contribution < -0.4 is 20.6 Å². The van der Waals surface area contributed by atoms with Gasteiger partial charge in [-0.25, -0.2) is 0 Å². The molecular weight excluding hydrogens is 667 g/mol. The number of para-hydroxylation sites is 3. The molecule has 8 aromatic carbocycles. The Bertz CT molecular complexity index is 3040. The minimum atomic E-state index is -0.208. The van der Waals surface area contributed by atoms with E-state index >= 15 is 0 Å². The maximum atomic E-state index is 6.84. The summed E-state index contributed by atoms with van der Waals surface area (Å²) in [6, 6.07) is 64.6. The molecule has 0 fully saturated rings. The fourth-order valence-electron chi connectivity index (χ4n) is 9.93. The molecule has 9 aromatic rings. The average molecular weight is 703 g/mol. The van der Waals surface area contributed by atoms with Crippen molar-refractivity contribution in [3.05, 3.63) is 187 Å². The molecule has 0 saturated carbocycles. The van der Waals surface area contributed by atoms with Crippen LogP contribution in [0.2, 0.25) is 0 Å². The van der Waals surface area contributed by atoms with E-state index in [2.05, 4.69) is 199 Å². The maximum Gasteiger partial charge on any atom is 0.333 e. The number of furan rings is 1. The molecule has 0 saturated heterocycles. The summed E-state index contributed by atoms with van der Waals surface area (Å²) in [5.41, 5.74) is 20.2. The van der Waals surface area contributed by atoms with Crippen molar-refractivity contribution in [1.82, 2.24) is 0 Å². The van der Waals surface area contributed by atoms with Gasteiger partial charge in [0.15, 0.2) is 0 Å². The predicted octanol–water partition coefficient (Wildman–Crippen LogP) is 12.3. The molecule has 55 heavy (non-hydrogen) atoms. The molecule has 3 nitrogen and oxygen atoms in total. The maximum absolute atomic E-state index is 6.84. The number of benzene rings is 8. The Morgan fingerprint density at radius 3 is 1.98 bits per heavy atom. The van der Waals surface area contributed by atoms with E-state index in [1.165, 1.54) is 78.2 Å². The van der Waals surface area contributed by atoms with Crippen LogP contribution in [-0.2, 0) is 5.41 Å². The van der Waals surface area contributed by atoms with Crippen molar-refractivity contribution in [2.24, 2.45) is 0 Å². The molecule has 3 aliphatic rings. The average Bonchev–Trinajstić information content (AvgIpc) is 3.62. The number of anilines is 5. The van der Waals surface area contributed by atoms with Crippen molar-refractivity contribution < 1.29 is 4.42 Å². The largest absolute Gasteiger partial charge is 0.456 e. The van der Waals surface area contributed by atoms with Crippen molar-refractivity contribution >= 4 is 68.1 Å². The van der Waals surface area contributed by atoms with E-state index in [4.69, 9.17) is 4.42 Å². The lowest BCUT2D eigenvalue weighted by Crippen LogP contribution is -2.62. The summed E-state index contributed by atoms with van der Waals surface area (Å²) >= 11 is 0. The van der Waals surface area contributed by atoms with Gasteiger partial charge in [-0.1, -0.05) is 147 Å². The highest BCUT2D eigenvalue weighted by Crippen LogP contribution is 2.57. The van der Waals surface area contributed by atoms with E-state index in [-0.39, 0.29) is 12.3 Å². The van der Waals surface area contributed by atoms with Gasteiger partial charge in [0.05, 0.1) is 16.8 Å². The Morgan fingerprint density at radius 2 is 1.16 bits per heavy atom. The molecule has 0 amide bonds. The summed E-state index contributed by atoms with van der Waals surface area (Å²) in [6.07, 6.45) is 0. The van der Waals surface area contributed by atoms with Crippen LogP contribution >= 0.6 is 0 Å². The first-order chi connectivity index (χ1) is 27.1. The van der Waals surface area contributed by atoms with Gasteiger partial charge in [-0.2, -0.15) is 0 Å². The number of rotatable bonds is 3. The second-order valence-corrected chi connectivity index (χ2v) is 15.7. The molecule has 0 spiro atoms. The zero-order valence-electron chi connectivity index (χ0n) is 30.6. The third kappa shape index (κ3) is 4.17. The number of nitrogens with zero attached hydrogens (tertiary/aromatic N) is 2. The molecule has 0 bridgehead atoms. The molecule has 0 atom stereocenters. The van der Waals surface area contributed by atoms with Crippen LogP contribution in [-0.4, -0.2) is 6.85 Å². The van der Waals surface area contributed by atoms with E-state index in [1.54, 1.807) is 0 Å². The van der Waals surface area contributed by atoms with Gasteiger partial charge in [-0.05, 0) is 92.3 Å². The smallest absolute Gasteiger partial charge is 0.333 e. The van der Waals surface area contributed by atoms with Crippen LogP contribution in [0.4, 0.5) is 28.4 Å². The highest BCUT2D eigenvalue weighted by molar-refractivity contribution is 6.94. The topological polar surface area (TPSA) is 19.6 Å². The van der Waals surface area contributed by atoms with Gasteiger partial charge in [-0.3, -0.25) is 0 Å². The normalized spacial score (nSPS) is 14.4. The van der Waals surface area contributed by atoms with Gasteiger partial charge in [0, 0.05) is 33.4 Å². The second-order valence-electron chi connectivity index (χ2n) is 15.7. The van der Waals surface area contributed by atoms with Crippen LogP contribution in [0.25, 0.3) is 55.3 Å². The van der Waals surface area contributed by atoms with Crippen molar-refractivity contribution in [2.45, 2.75) is 19.3 Å². The molecular formula is C51H35BN2O. The number of hydrogen-bond acceptors (Lipinski definition) is 3. The minimum absolute atomic E-state index is 0.101. The molecule has 0 N–H and O–H groups in total. The van der Waals surface area contributed by atoms with Gasteiger partial charge in [0.2, 0.25) is 0 Å². The standard InChI is InChI=1S/C51H35BN2O/c1-51(2)40-22-10-11-25-44(40)53-49-41(51)23-14-24-42(49)52-48-39(31-46-47(50(48)53)37-21-9-12-26-45(37)55-46)38-30-35(33-17-7-4-8-18-33)27-28-43(38)54(52)36-20-13-19-34(29-36)32-15-5-3-6-16-32/h3-31H,1-2H3. The summed E-state index contributed by atoms with van der Waals surface area (Å²) in [5.74, 6) is 0. The first-order valence-corrected chi connectivity index (χ1v) is 19.2. The van der Waals surface area contributed by atoms with Crippen LogP contribution in [0.1, 0.15) is 25.0 Å². The Kier molecular flexibility index (Phi) is 6.20. The summed E-state index contributed by atoms with van der Waals surface area (Å²) in [6.45, 7) is 4.67. The molecule has 3 aliphatic heterocycles. The molecule has 1 aromatic heterocycles. The molecule has 4 heterocycles. The summed E-state index contributed by atoms with van der Waals surface area (Å²) < 4.78 is 6.84. The van der Waals surface area contributed by atoms with Crippen molar-refractivity contribution in [3.8, 4) is 33.4 Å². The number of hydrogen-bond donors (Lipinski definition) is 0. The molecule has 12 rings (SSSR count). The SMILES string of the molecule is CC1(C)c2ccccc2N2c3c(cccc31)B1c3c(cc4oc5ccccc5c4c32)-c2cc(-c3ccccc3)ccc2N1c1cccc(-c2ccccc2)c1. The first-order valence-electron chi connectivity index (χ1n) is 19.2. The molecule has 0 aliphatic carbocycles. The van der Waals surface area contributed by atoms with Crippen LogP contribution in [0.5, 0.6) is 0 Å². The monoisotopic (exact) mass is 702 g/mol. The van der Waals surface area contributed by atoms with E-state index in [9.17, 15) is 0 Å². The fourth-order valence-corrected chi connectivity index (χ4v) is 9.93. The predicted molar refractivity (Wildman–Crippen MR) is 230 cm³/mol. The van der Waals surface area contributed by atoms with Gasteiger partial charge in [0.25, 0.3) is 0 Å². The van der Waals surface area contributed by atoms with E-state index in [1.807, 2.05) is 0 Å². The quantitative estimate of drug-likeness (QED) is 0.171. The van der Waals surface area contributed by atoms with Crippen molar-refractivity contribution in [1.29, 1.82) is 0 Å². The molecule has 0 unspecified atom stereocenters. The Balaban J connectivity index is 1.25. The Morgan fingerprint density at radius 1 is 0.491 bits per heavy atom. The van der Waals surface area contributed by atoms with Crippen molar-refractivity contribution in [3.63, 3.8) is 0 Å². The minimum Gasteiger partial charge on any atom is -0.456 e. The molecule has 4 heteroatoms. The Hall–Kier alpha value is -6.78. The lowest BCUT2D eigenvalue weighted by atomic mass is 9.42. The van der Waals surface area contributed by atoms with Gasteiger partial charge in [0.1, 0.15) is 11.2 Å². The highest BCUT2D eigenvalue weighted by Gasteiger charge is 2.50. The summed E-state index contributed by atoms with van der Waals surface area (Å²) in [7, 11) is 0. The first kappa shape index (κ1) is 30.7. The summed E-state index contributed by atoms with van der Waals surface area (Å²) in [5, 5.41) is 2.30. The zero-order valence-corrected chi connectivity index (χ0v) is 30.6. The zero-order chi connectivity index (χ0) is 36.4. The highest BCUT2D eigenvalue weighted by atomic mass is 16.3. The molecule has 0 radical (unpaired) electrons. The van der Waals surface area contributed by atoms with Crippen LogP contribution in [0.15, 0.2) is 180 Å². The lowest BCUT2D eigenvalue weighted by molar-refractivity contribution is 0.632. The van der Waals surface area contributed by atoms with Gasteiger partial charge in [-0.15, -0.1) is 0 Å². The van der Waals surface area contributed by atoms with E-state index in [0.29, 0.717) is 0 Å². The lowest BCUT2D eigenvalue weighted by Gasteiger charge is -2.50.